The van der Waals surface area contributed by atoms with E-state index in [1.54, 1.807) is 7.11 Å². The van der Waals surface area contributed by atoms with Crippen molar-refractivity contribution in [2.75, 3.05) is 17.9 Å². The van der Waals surface area contributed by atoms with Crippen molar-refractivity contribution in [3.8, 4) is 5.75 Å². The summed E-state index contributed by atoms with van der Waals surface area (Å²) < 4.78 is 7.16. The Balaban J connectivity index is 1.68. The third-order valence-corrected chi connectivity index (χ3v) is 6.60. The number of nitrogens with one attached hydrogen (secondary N) is 2. The Kier molecular flexibility index (Phi) is 6.38. The third kappa shape index (κ3) is 4.50. The summed E-state index contributed by atoms with van der Waals surface area (Å²) >= 11 is 7.78. The van der Waals surface area contributed by atoms with Gasteiger partial charge < -0.3 is 15.5 Å². The largest absolute Gasteiger partial charge is 0.495 e. The highest BCUT2D eigenvalue weighted by molar-refractivity contribution is 8.00. The second-order valence-electron chi connectivity index (χ2n) is 7.38. The van der Waals surface area contributed by atoms with E-state index in [1.807, 2.05) is 54.1 Å². The summed E-state index contributed by atoms with van der Waals surface area (Å²) in [5.41, 5.74) is 6.21. The zero-order valence-corrected chi connectivity index (χ0v) is 19.1. The molecule has 1 aliphatic rings. The Morgan fingerprint density at radius 1 is 1.26 bits per heavy atom. The first-order valence-electron chi connectivity index (χ1n) is 10.1. The Morgan fingerprint density at radius 3 is 2.71 bits per heavy atom. The van der Waals surface area contributed by atoms with Crippen LogP contribution in [0.4, 0.5) is 5.69 Å². The number of fused-ring (bicyclic) bond motifs is 1. The molecule has 4 rings (SSSR count). The monoisotopic (exact) mass is 457 g/mol. The molecule has 2 atom stereocenters. The minimum absolute atomic E-state index is 0.121. The molecule has 1 aromatic heterocycles. The highest BCUT2D eigenvalue weighted by Crippen LogP contribution is 2.39. The fourth-order valence-corrected chi connectivity index (χ4v) is 4.83. The van der Waals surface area contributed by atoms with E-state index in [0.717, 1.165) is 35.5 Å². The molecule has 0 saturated heterocycles. The molecule has 2 aromatic carbocycles. The average Bonchev–Trinajstić information content (AvgIpc) is 3.16. The lowest BCUT2D eigenvalue weighted by Crippen LogP contribution is -2.41. The number of halogens is 1. The van der Waals surface area contributed by atoms with Crippen molar-refractivity contribution in [2.45, 2.75) is 43.1 Å². The van der Waals surface area contributed by atoms with Crippen LogP contribution in [-0.4, -0.2) is 33.1 Å². The lowest BCUT2D eigenvalue weighted by Gasteiger charge is -2.33. The molecular formula is C22H24ClN5O2S. The maximum Gasteiger partial charge on any atom is 0.240 e. The highest BCUT2D eigenvalue weighted by atomic mass is 35.5. The molecule has 0 spiro atoms. The number of hydrogen-bond donors (Lipinski definition) is 2. The zero-order chi connectivity index (χ0) is 22.0. The number of benzene rings is 2. The molecule has 0 bridgehead atoms. The first-order chi connectivity index (χ1) is 15.0. The second-order valence-corrected chi connectivity index (χ2v) is 8.89. The lowest BCUT2D eigenvalue weighted by molar-refractivity contribution is -0.116. The van der Waals surface area contributed by atoms with Gasteiger partial charge in [-0.05, 0) is 43.2 Å². The van der Waals surface area contributed by atoms with Crippen LogP contribution >= 0.6 is 23.4 Å². The van der Waals surface area contributed by atoms with Gasteiger partial charge in [0.1, 0.15) is 11.0 Å². The molecule has 0 fully saturated rings. The van der Waals surface area contributed by atoms with Crippen molar-refractivity contribution in [3.05, 3.63) is 64.4 Å². The van der Waals surface area contributed by atoms with E-state index in [9.17, 15) is 4.79 Å². The lowest BCUT2D eigenvalue weighted by atomic mass is 10.0. The summed E-state index contributed by atoms with van der Waals surface area (Å²) in [6.45, 7) is 4.10. The van der Waals surface area contributed by atoms with Crippen LogP contribution < -0.4 is 15.5 Å². The maximum absolute atomic E-state index is 13.3. The van der Waals surface area contributed by atoms with Crippen molar-refractivity contribution >= 4 is 35.0 Å². The molecule has 0 radical (unpaired) electrons. The van der Waals surface area contributed by atoms with E-state index in [4.69, 9.17) is 16.3 Å². The van der Waals surface area contributed by atoms with Crippen LogP contribution in [0.15, 0.2) is 47.6 Å². The number of ether oxygens (including phenoxy) is 1. The van der Waals surface area contributed by atoms with Crippen molar-refractivity contribution in [1.82, 2.24) is 14.9 Å². The number of aromatic nitrogens is 3. The minimum atomic E-state index is -0.475. The topological polar surface area (TPSA) is 81.1 Å². The number of amides is 1. The molecule has 0 aliphatic carbocycles. The first-order valence-corrected chi connectivity index (χ1v) is 11.3. The predicted octanol–water partition coefficient (Wildman–Crippen LogP) is 4.60. The summed E-state index contributed by atoms with van der Waals surface area (Å²) in [6, 6.07) is 13.0. The molecule has 0 saturated carbocycles. The molecule has 7 nitrogen and oxygen atoms in total. The van der Waals surface area contributed by atoms with E-state index in [1.165, 1.54) is 11.8 Å². The minimum Gasteiger partial charge on any atom is -0.495 e. The Hall–Kier alpha value is -2.71. The second kappa shape index (κ2) is 9.20. The number of aryl methyl sites for hydroxylation is 2. The SMILES string of the molecule is CCCc1nnc2n1N[C@H](c1ccc(OC)c(Cl)c1)[C@H](C(=O)Nc1ccc(C)cc1)S2. The van der Waals surface area contributed by atoms with Gasteiger partial charge in [0.05, 0.1) is 18.2 Å². The summed E-state index contributed by atoms with van der Waals surface area (Å²) in [6.07, 6.45) is 1.73. The number of methoxy groups -OCH3 is 1. The fraction of sp³-hybridized carbons (Fsp3) is 0.318. The molecule has 1 amide bonds. The summed E-state index contributed by atoms with van der Waals surface area (Å²) in [5, 5.41) is 12.3. The van der Waals surface area contributed by atoms with Gasteiger partial charge in [-0.3, -0.25) is 4.79 Å². The van der Waals surface area contributed by atoms with Gasteiger partial charge in [-0.2, -0.15) is 0 Å². The molecule has 1 aliphatic heterocycles. The standard InChI is InChI=1S/C22H24ClN5O2S/c1-4-5-18-25-26-22-28(18)27-19(14-8-11-17(30-3)16(23)12-14)20(31-22)21(29)24-15-9-6-13(2)7-10-15/h6-12,19-20,27H,4-5H2,1-3H3,(H,24,29)/t19-,20-/m1/s1. The van der Waals surface area contributed by atoms with E-state index in [-0.39, 0.29) is 11.9 Å². The molecule has 3 aromatic rings. The van der Waals surface area contributed by atoms with Crippen LogP contribution in [-0.2, 0) is 11.2 Å². The Labute approximate surface area is 190 Å². The van der Waals surface area contributed by atoms with Gasteiger partial charge in [0.15, 0.2) is 5.82 Å². The average molecular weight is 458 g/mol. The molecule has 0 unspecified atom stereocenters. The van der Waals surface area contributed by atoms with Crippen LogP contribution in [0.5, 0.6) is 5.75 Å². The van der Waals surface area contributed by atoms with Crippen LogP contribution in [0.25, 0.3) is 0 Å². The quantitative estimate of drug-likeness (QED) is 0.563. The number of nitrogens with zero attached hydrogens (tertiary/aromatic N) is 3. The van der Waals surface area contributed by atoms with Gasteiger partial charge >= 0.3 is 0 Å². The molecule has 31 heavy (non-hydrogen) atoms. The number of rotatable bonds is 6. The number of carbonyl (C=O) groups is 1. The number of carbonyl (C=O) groups excluding carboxylic acids is 1. The van der Waals surface area contributed by atoms with E-state index < -0.39 is 5.25 Å². The van der Waals surface area contributed by atoms with E-state index in [0.29, 0.717) is 15.9 Å². The van der Waals surface area contributed by atoms with Gasteiger partial charge in [-0.1, -0.05) is 54.0 Å². The van der Waals surface area contributed by atoms with Gasteiger partial charge in [-0.15, -0.1) is 10.2 Å². The fourth-order valence-electron chi connectivity index (χ4n) is 3.46. The van der Waals surface area contributed by atoms with Crippen LogP contribution in [0.1, 0.15) is 36.3 Å². The molecule has 162 valence electrons. The first kappa shape index (κ1) is 21.5. The molecule has 2 N–H and O–H groups in total. The molecule has 9 heteroatoms. The molecular weight excluding hydrogens is 434 g/mol. The van der Waals surface area contributed by atoms with Gasteiger partial charge in [0.2, 0.25) is 11.1 Å². The van der Waals surface area contributed by atoms with E-state index >= 15 is 0 Å². The van der Waals surface area contributed by atoms with Crippen molar-refractivity contribution in [3.63, 3.8) is 0 Å². The van der Waals surface area contributed by atoms with E-state index in [2.05, 4.69) is 27.9 Å². The highest BCUT2D eigenvalue weighted by Gasteiger charge is 2.38. The van der Waals surface area contributed by atoms with Crippen LogP contribution in [0, 0.1) is 6.92 Å². The Bertz CT molecular complexity index is 1090. The predicted molar refractivity (Wildman–Crippen MR) is 124 cm³/mol. The van der Waals surface area contributed by atoms with Crippen molar-refractivity contribution in [1.29, 1.82) is 0 Å². The van der Waals surface area contributed by atoms with Crippen LogP contribution in [0.2, 0.25) is 5.02 Å². The van der Waals surface area contributed by atoms with Crippen molar-refractivity contribution < 1.29 is 9.53 Å². The smallest absolute Gasteiger partial charge is 0.240 e. The van der Waals surface area contributed by atoms with Gasteiger partial charge in [0.25, 0.3) is 0 Å². The maximum atomic E-state index is 13.3. The summed E-state index contributed by atoms with van der Waals surface area (Å²) in [4.78, 5) is 13.3. The Morgan fingerprint density at radius 2 is 2.03 bits per heavy atom. The summed E-state index contributed by atoms with van der Waals surface area (Å²) in [5.74, 6) is 1.31. The summed E-state index contributed by atoms with van der Waals surface area (Å²) in [7, 11) is 1.58. The number of thioether (sulfide) groups is 1. The number of anilines is 1. The third-order valence-electron chi connectivity index (χ3n) is 5.09. The normalized spacial score (nSPS) is 17.5. The van der Waals surface area contributed by atoms with Crippen LogP contribution in [0.3, 0.4) is 0 Å². The number of hydrogen-bond acceptors (Lipinski definition) is 6. The van der Waals surface area contributed by atoms with Gasteiger partial charge in [0, 0.05) is 12.1 Å². The van der Waals surface area contributed by atoms with Crippen molar-refractivity contribution in [2.24, 2.45) is 0 Å². The van der Waals surface area contributed by atoms with Gasteiger partial charge in [-0.25, -0.2) is 4.68 Å². The zero-order valence-electron chi connectivity index (χ0n) is 17.6. The molecule has 2 heterocycles.